The highest BCUT2D eigenvalue weighted by Crippen LogP contribution is 2.30. The van der Waals surface area contributed by atoms with Crippen molar-refractivity contribution in [3.8, 4) is 5.75 Å². The van der Waals surface area contributed by atoms with Crippen molar-refractivity contribution in [2.24, 2.45) is 0 Å². The van der Waals surface area contributed by atoms with Crippen LogP contribution in [0.25, 0.3) is 0 Å². The van der Waals surface area contributed by atoms with Crippen LogP contribution in [0, 0.1) is 0 Å². The minimum absolute atomic E-state index is 0.0314. The SMILES string of the molecule is CC[C@H](C)NC(=O)[C@H](Cc1ccccc1)N(Cc1cccc(Cl)c1)C(=O)CCCN(c1ccccc1OC)S(C)(=O)=O. The Morgan fingerprint density at radius 3 is 2.29 bits per heavy atom. The fourth-order valence-electron chi connectivity index (χ4n) is 4.65. The van der Waals surface area contributed by atoms with Gasteiger partial charge in [-0.3, -0.25) is 13.9 Å². The van der Waals surface area contributed by atoms with Crippen molar-refractivity contribution in [3.05, 3.63) is 95.0 Å². The first kappa shape index (κ1) is 32.9. The Labute approximate surface area is 254 Å². The summed E-state index contributed by atoms with van der Waals surface area (Å²) >= 11 is 6.26. The number of halogens is 1. The van der Waals surface area contributed by atoms with Gasteiger partial charge in [0.1, 0.15) is 11.8 Å². The summed E-state index contributed by atoms with van der Waals surface area (Å²) in [4.78, 5) is 29.2. The quantitative estimate of drug-likeness (QED) is 0.246. The van der Waals surface area contributed by atoms with E-state index in [2.05, 4.69) is 5.32 Å². The van der Waals surface area contributed by atoms with Crippen LogP contribution in [-0.2, 0) is 32.6 Å². The number of amides is 2. The van der Waals surface area contributed by atoms with Crippen LogP contribution in [0.15, 0.2) is 78.9 Å². The van der Waals surface area contributed by atoms with E-state index in [0.717, 1.165) is 23.8 Å². The van der Waals surface area contributed by atoms with Crippen LogP contribution in [0.3, 0.4) is 0 Å². The minimum Gasteiger partial charge on any atom is -0.495 e. The van der Waals surface area contributed by atoms with Gasteiger partial charge in [0, 0.05) is 37.0 Å². The highest BCUT2D eigenvalue weighted by atomic mass is 35.5. The second-order valence-electron chi connectivity index (χ2n) is 10.3. The molecule has 0 unspecified atom stereocenters. The molecule has 42 heavy (non-hydrogen) atoms. The number of nitrogens with zero attached hydrogens (tertiary/aromatic N) is 2. The molecule has 3 aromatic rings. The highest BCUT2D eigenvalue weighted by Gasteiger charge is 2.31. The largest absolute Gasteiger partial charge is 0.495 e. The Morgan fingerprint density at radius 1 is 0.976 bits per heavy atom. The first-order valence-electron chi connectivity index (χ1n) is 14.0. The number of ether oxygens (including phenoxy) is 1. The molecule has 0 bridgehead atoms. The van der Waals surface area contributed by atoms with Gasteiger partial charge < -0.3 is 15.0 Å². The standard InChI is InChI=1S/C32H40ClN3O5S/c1-5-24(2)34-32(38)29(22-25-13-7-6-8-14-25)35(23-26-15-11-16-27(33)21-26)31(37)19-12-20-36(42(4,39)40)28-17-9-10-18-30(28)41-3/h6-11,13-18,21,24,29H,5,12,19-20,22-23H2,1-4H3,(H,34,38)/t24-,29-/m0/s1. The van der Waals surface area contributed by atoms with E-state index in [0.29, 0.717) is 22.9 Å². The number of carbonyl (C=O) groups is 2. The molecular formula is C32H40ClN3O5S. The lowest BCUT2D eigenvalue weighted by Crippen LogP contribution is -2.52. The van der Waals surface area contributed by atoms with Crippen molar-refractivity contribution in [2.75, 3.05) is 24.2 Å². The summed E-state index contributed by atoms with van der Waals surface area (Å²) in [6.07, 6.45) is 2.47. The number of hydrogen-bond donors (Lipinski definition) is 1. The first-order chi connectivity index (χ1) is 20.0. The molecule has 0 heterocycles. The molecule has 0 fully saturated rings. The van der Waals surface area contributed by atoms with Crippen molar-refractivity contribution < 1.29 is 22.7 Å². The van der Waals surface area contributed by atoms with Crippen molar-refractivity contribution in [3.63, 3.8) is 0 Å². The van der Waals surface area contributed by atoms with Gasteiger partial charge in [0.05, 0.1) is 19.1 Å². The fourth-order valence-corrected chi connectivity index (χ4v) is 5.83. The predicted octanol–water partition coefficient (Wildman–Crippen LogP) is 5.45. The number of nitrogens with one attached hydrogen (secondary N) is 1. The molecule has 0 aliphatic heterocycles. The van der Waals surface area contributed by atoms with Gasteiger partial charge in [0.15, 0.2) is 0 Å². The lowest BCUT2D eigenvalue weighted by molar-refractivity contribution is -0.141. The van der Waals surface area contributed by atoms with E-state index in [9.17, 15) is 18.0 Å². The monoisotopic (exact) mass is 613 g/mol. The minimum atomic E-state index is -3.66. The second kappa shape index (κ2) is 15.6. The Kier molecular flexibility index (Phi) is 12.2. The number of anilines is 1. The molecule has 2 amide bonds. The summed E-state index contributed by atoms with van der Waals surface area (Å²) in [5, 5.41) is 3.58. The van der Waals surface area contributed by atoms with Gasteiger partial charge >= 0.3 is 0 Å². The smallest absolute Gasteiger partial charge is 0.243 e. The molecule has 0 aliphatic rings. The molecule has 0 saturated carbocycles. The summed E-state index contributed by atoms with van der Waals surface area (Å²) in [5.74, 6) is -0.0828. The molecule has 0 aromatic heterocycles. The molecule has 0 radical (unpaired) electrons. The zero-order valence-corrected chi connectivity index (χ0v) is 26.2. The van der Waals surface area contributed by atoms with E-state index < -0.39 is 16.1 Å². The van der Waals surface area contributed by atoms with E-state index in [1.54, 1.807) is 41.3 Å². The predicted molar refractivity (Wildman–Crippen MR) is 168 cm³/mol. The molecule has 226 valence electrons. The summed E-state index contributed by atoms with van der Waals surface area (Å²) in [5.41, 5.74) is 2.11. The lowest BCUT2D eigenvalue weighted by Gasteiger charge is -2.33. The Balaban J connectivity index is 1.91. The summed E-state index contributed by atoms with van der Waals surface area (Å²) < 4.78 is 32.1. The fraction of sp³-hybridized carbons (Fsp3) is 0.375. The second-order valence-corrected chi connectivity index (χ2v) is 12.6. The molecule has 0 spiro atoms. The van der Waals surface area contributed by atoms with Gasteiger partial charge in [-0.05, 0) is 55.2 Å². The average molecular weight is 614 g/mol. The maximum atomic E-state index is 13.9. The van der Waals surface area contributed by atoms with E-state index in [1.165, 1.54) is 11.4 Å². The summed E-state index contributed by atoms with van der Waals surface area (Å²) in [6.45, 7) is 4.16. The number of rotatable bonds is 15. The average Bonchev–Trinajstić information content (AvgIpc) is 2.96. The van der Waals surface area contributed by atoms with Gasteiger partial charge in [0.25, 0.3) is 0 Å². The van der Waals surface area contributed by atoms with Crippen molar-refractivity contribution in [1.29, 1.82) is 0 Å². The van der Waals surface area contributed by atoms with Crippen LogP contribution in [0.4, 0.5) is 5.69 Å². The van der Waals surface area contributed by atoms with Gasteiger partial charge in [-0.2, -0.15) is 0 Å². The van der Waals surface area contributed by atoms with Crippen molar-refractivity contribution in [1.82, 2.24) is 10.2 Å². The van der Waals surface area contributed by atoms with Crippen molar-refractivity contribution in [2.45, 2.75) is 58.2 Å². The van der Waals surface area contributed by atoms with Gasteiger partial charge in [0.2, 0.25) is 21.8 Å². The first-order valence-corrected chi connectivity index (χ1v) is 16.2. The molecule has 0 aliphatic carbocycles. The van der Waals surface area contributed by atoms with Crippen LogP contribution in [-0.4, -0.2) is 57.1 Å². The van der Waals surface area contributed by atoms with Crippen LogP contribution in [0.2, 0.25) is 5.02 Å². The van der Waals surface area contributed by atoms with E-state index in [1.807, 2.05) is 56.3 Å². The number of benzene rings is 3. The Morgan fingerprint density at radius 2 is 1.64 bits per heavy atom. The maximum absolute atomic E-state index is 13.9. The van der Waals surface area contributed by atoms with Crippen molar-refractivity contribution >= 4 is 39.1 Å². The summed E-state index contributed by atoms with van der Waals surface area (Å²) in [6, 6.07) is 22.8. The molecule has 1 N–H and O–H groups in total. The van der Waals surface area contributed by atoms with Crippen LogP contribution >= 0.6 is 11.6 Å². The number of para-hydroxylation sites is 2. The normalized spacial score (nSPS) is 12.7. The van der Waals surface area contributed by atoms with Crippen LogP contribution in [0.1, 0.15) is 44.2 Å². The molecular weight excluding hydrogens is 574 g/mol. The zero-order valence-electron chi connectivity index (χ0n) is 24.6. The molecule has 3 aromatic carbocycles. The van der Waals surface area contributed by atoms with Gasteiger partial charge in [-0.1, -0.05) is 73.1 Å². The van der Waals surface area contributed by atoms with Crippen LogP contribution in [0.5, 0.6) is 5.75 Å². The molecule has 3 rings (SSSR count). The Hall–Kier alpha value is -3.56. The van der Waals surface area contributed by atoms with E-state index in [4.69, 9.17) is 16.3 Å². The third kappa shape index (κ3) is 9.49. The van der Waals surface area contributed by atoms with Gasteiger partial charge in [-0.15, -0.1) is 0 Å². The number of sulfonamides is 1. The van der Waals surface area contributed by atoms with E-state index in [-0.39, 0.29) is 43.8 Å². The zero-order chi connectivity index (χ0) is 30.7. The van der Waals surface area contributed by atoms with Gasteiger partial charge in [-0.25, -0.2) is 8.42 Å². The van der Waals surface area contributed by atoms with E-state index >= 15 is 0 Å². The van der Waals surface area contributed by atoms with Crippen LogP contribution < -0.4 is 14.4 Å². The topological polar surface area (TPSA) is 96.0 Å². The summed E-state index contributed by atoms with van der Waals surface area (Å²) in [7, 11) is -2.18. The maximum Gasteiger partial charge on any atom is 0.243 e. The Bertz CT molecular complexity index is 1430. The molecule has 10 heteroatoms. The highest BCUT2D eigenvalue weighted by molar-refractivity contribution is 7.92. The number of hydrogen-bond acceptors (Lipinski definition) is 5. The third-order valence-electron chi connectivity index (χ3n) is 7.02. The third-order valence-corrected chi connectivity index (χ3v) is 8.44. The number of methoxy groups -OCH3 is 1. The molecule has 0 saturated heterocycles. The lowest BCUT2D eigenvalue weighted by atomic mass is 10.0. The number of carbonyl (C=O) groups excluding carboxylic acids is 2. The molecule has 2 atom stereocenters. The molecule has 8 nitrogen and oxygen atoms in total.